The van der Waals surface area contributed by atoms with Gasteiger partial charge in [-0.15, -0.1) is 0 Å². The molecule has 0 bridgehead atoms. The summed E-state index contributed by atoms with van der Waals surface area (Å²) in [6.07, 6.45) is 1.38. The Morgan fingerprint density at radius 1 is 1.09 bits per heavy atom. The number of hydrogen-bond acceptors (Lipinski definition) is 2. The smallest absolute Gasteiger partial charge is 0.261 e. The van der Waals surface area contributed by atoms with Crippen molar-refractivity contribution in [1.29, 1.82) is 0 Å². The zero-order valence-corrected chi connectivity index (χ0v) is 13.4. The molecule has 2 amide bonds. The monoisotopic (exact) mass is 328 g/mol. The number of benzene rings is 2. The molecule has 1 fully saturated rings. The zero-order chi connectivity index (χ0) is 16.2. The Labute approximate surface area is 140 Å². The summed E-state index contributed by atoms with van der Waals surface area (Å²) in [5.74, 6) is -0.126. The molecule has 5 heteroatoms. The first kappa shape index (κ1) is 15.6. The van der Waals surface area contributed by atoms with Crippen LogP contribution in [0.4, 0.5) is 5.69 Å². The maximum Gasteiger partial charge on any atom is 0.261 e. The van der Waals surface area contributed by atoms with Crippen molar-refractivity contribution in [3.05, 3.63) is 65.2 Å². The van der Waals surface area contributed by atoms with Crippen molar-refractivity contribution in [2.45, 2.75) is 12.8 Å². The maximum atomic E-state index is 13.0. The van der Waals surface area contributed by atoms with E-state index < -0.39 is 0 Å². The van der Waals surface area contributed by atoms with Gasteiger partial charge < -0.3 is 4.90 Å². The van der Waals surface area contributed by atoms with Gasteiger partial charge in [0.1, 0.15) is 6.67 Å². The van der Waals surface area contributed by atoms with Gasteiger partial charge in [0.2, 0.25) is 5.91 Å². The average Bonchev–Trinajstić information content (AvgIpc) is 2.98. The molecule has 0 aromatic heterocycles. The average molecular weight is 329 g/mol. The lowest BCUT2D eigenvalue weighted by molar-refractivity contribution is -0.127. The summed E-state index contributed by atoms with van der Waals surface area (Å²) in [7, 11) is 0. The highest BCUT2D eigenvalue weighted by molar-refractivity contribution is 6.34. The van der Waals surface area contributed by atoms with E-state index in [1.54, 1.807) is 34.1 Å². The third-order valence-electron chi connectivity index (χ3n) is 3.90. The molecular formula is C18H17ClN2O2. The Morgan fingerprint density at radius 2 is 1.78 bits per heavy atom. The molecule has 2 aromatic rings. The molecule has 23 heavy (non-hydrogen) atoms. The first-order valence-electron chi connectivity index (χ1n) is 7.56. The summed E-state index contributed by atoms with van der Waals surface area (Å²) in [5, 5.41) is 0.408. The molecule has 1 aliphatic heterocycles. The fourth-order valence-corrected chi connectivity index (χ4v) is 2.89. The summed E-state index contributed by atoms with van der Waals surface area (Å²) in [6.45, 7) is 0.921. The van der Waals surface area contributed by atoms with E-state index in [1.807, 2.05) is 30.3 Å². The summed E-state index contributed by atoms with van der Waals surface area (Å²) < 4.78 is 0. The number of rotatable bonds is 4. The van der Waals surface area contributed by atoms with Crippen molar-refractivity contribution in [1.82, 2.24) is 4.90 Å². The number of halogens is 1. The highest BCUT2D eigenvalue weighted by Crippen LogP contribution is 2.23. The van der Waals surface area contributed by atoms with Gasteiger partial charge in [0.05, 0.1) is 10.6 Å². The van der Waals surface area contributed by atoms with Crippen molar-refractivity contribution in [3.63, 3.8) is 0 Å². The Hall–Kier alpha value is -2.33. The lowest BCUT2D eigenvalue weighted by Gasteiger charge is -2.28. The Balaban J connectivity index is 1.93. The van der Waals surface area contributed by atoms with Crippen molar-refractivity contribution in [2.75, 3.05) is 18.1 Å². The number of anilines is 1. The van der Waals surface area contributed by atoms with Gasteiger partial charge in [-0.1, -0.05) is 41.9 Å². The second-order valence-electron chi connectivity index (χ2n) is 5.45. The highest BCUT2D eigenvalue weighted by Gasteiger charge is 2.27. The minimum Gasteiger partial charge on any atom is -0.324 e. The van der Waals surface area contributed by atoms with Gasteiger partial charge in [0, 0.05) is 18.7 Å². The number of amides is 2. The SMILES string of the molecule is O=C1CCCN1CN(C(=O)c1ccccc1Cl)c1ccccc1. The van der Waals surface area contributed by atoms with Crippen LogP contribution in [-0.2, 0) is 4.79 Å². The minimum absolute atomic E-state index is 0.0814. The molecule has 0 radical (unpaired) electrons. The van der Waals surface area contributed by atoms with Crippen LogP contribution in [0.2, 0.25) is 5.02 Å². The predicted molar refractivity (Wildman–Crippen MR) is 90.5 cm³/mol. The Kier molecular flexibility index (Phi) is 4.63. The maximum absolute atomic E-state index is 13.0. The number of hydrogen-bond donors (Lipinski definition) is 0. The number of carbonyl (C=O) groups is 2. The summed E-state index contributed by atoms with van der Waals surface area (Å²) >= 11 is 6.17. The predicted octanol–water partition coefficient (Wildman–Crippen LogP) is 3.57. The standard InChI is InChI=1S/C18H17ClN2O2/c19-16-10-5-4-9-15(16)18(23)21(14-7-2-1-3-8-14)13-20-12-6-11-17(20)22/h1-5,7-10H,6,11-13H2. The number of nitrogens with zero attached hydrogens (tertiary/aromatic N) is 2. The third kappa shape index (κ3) is 3.37. The topological polar surface area (TPSA) is 40.6 Å². The van der Waals surface area contributed by atoms with Crippen LogP contribution in [0, 0.1) is 0 Å². The van der Waals surface area contributed by atoms with Gasteiger partial charge in [0.15, 0.2) is 0 Å². The lowest BCUT2D eigenvalue weighted by atomic mass is 10.2. The molecule has 0 spiro atoms. The molecule has 4 nitrogen and oxygen atoms in total. The fraction of sp³-hybridized carbons (Fsp3) is 0.222. The molecule has 3 rings (SSSR count). The molecule has 118 valence electrons. The first-order valence-corrected chi connectivity index (χ1v) is 7.94. The van der Waals surface area contributed by atoms with Gasteiger partial charge in [-0.25, -0.2) is 0 Å². The van der Waals surface area contributed by atoms with Crippen molar-refractivity contribution in [3.8, 4) is 0 Å². The summed E-state index contributed by atoms with van der Waals surface area (Å²) in [4.78, 5) is 28.2. The van der Waals surface area contributed by atoms with Crippen LogP contribution in [0.15, 0.2) is 54.6 Å². The second kappa shape index (κ2) is 6.84. The number of carbonyl (C=O) groups excluding carboxylic acids is 2. The Morgan fingerprint density at radius 3 is 2.43 bits per heavy atom. The van der Waals surface area contributed by atoms with E-state index in [4.69, 9.17) is 11.6 Å². The van der Waals surface area contributed by atoms with E-state index in [1.165, 1.54) is 0 Å². The molecule has 1 heterocycles. The number of likely N-dealkylation sites (tertiary alicyclic amines) is 1. The minimum atomic E-state index is -0.207. The van der Waals surface area contributed by atoms with Gasteiger partial charge >= 0.3 is 0 Å². The molecule has 0 unspecified atom stereocenters. The largest absolute Gasteiger partial charge is 0.324 e. The Bertz CT molecular complexity index is 718. The summed E-state index contributed by atoms with van der Waals surface area (Å²) in [5.41, 5.74) is 1.18. The van der Waals surface area contributed by atoms with Crippen LogP contribution in [0.25, 0.3) is 0 Å². The lowest BCUT2D eigenvalue weighted by Crippen LogP contribution is -2.42. The van der Waals surface area contributed by atoms with Gasteiger partial charge in [0.25, 0.3) is 5.91 Å². The van der Waals surface area contributed by atoms with Crippen LogP contribution in [-0.4, -0.2) is 29.9 Å². The van der Waals surface area contributed by atoms with E-state index in [0.29, 0.717) is 23.6 Å². The molecule has 0 saturated carbocycles. The van der Waals surface area contributed by atoms with Crippen LogP contribution >= 0.6 is 11.6 Å². The van der Waals surface area contributed by atoms with Crippen LogP contribution < -0.4 is 4.90 Å². The van der Waals surface area contributed by atoms with E-state index in [2.05, 4.69) is 0 Å². The van der Waals surface area contributed by atoms with Crippen molar-refractivity contribution < 1.29 is 9.59 Å². The highest BCUT2D eigenvalue weighted by atomic mass is 35.5. The van der Waals surface area contributed by atoms with Crippen LogP contribution in [0.5, 0.6) is 0 Å². The van der Waals surface area contributed by atoms with E-state index in [-0.39, 0.29) is 18.5 Å². The molecule has 2 aromatic carbocycles. The molecule has 0 aliphatic carbocycles. The van der Waals surface area contributed by atoms with Gasteiger partial charge in [-0.3, -0.25) is 14.5 Å². The molecule has 1 aliphatic rings. The van der Waals surface area contributed by atoms with Crippen molar-refractivity contribution >= 4 is 29.1 Å². The second-order valence-corrected chi connectivity index (χ2v) is 5.86. The van der Waals surface area contributed by atoms with E-state index >= 15 is 0 Å². The molecule has 0 N–H and O–H groups in total. The van der Waals surface area contributed by atoms with Gasteiger partial charge in [-0.05, 0) is 30.7 Å². The van der Waals surface area contributed by atoms with E-state index in [9.17, 15) is 9.59 Å². The number of para-hydroxylation sites is 1. The molecule has 0 atom stereocenters. The third-order valence-corrected chi connectivity index (χ3v) is 4.23. The molecule has 1 saturated heterocycles. The van der Waals surface area contributed by atoms with Crippen LogP contribution in [0.1, 0.15) is 23.2 Å². The molecular weight excluding hydrogens is 312 g/mol. The van der Waals surface area contributed by atoms with E-state index in [0.717, 1.165) is 12.1 Å². The van der Waals surface area contributed by atoms with Gasteiger partial charge in [-0.2, -0.15) is 0 Å². The van der Waals surface area contributed by atoms with Crippen molar-refractivity contribution in [2.24, 2.45) is 0 Å². The van der Waals surface area contributed by atoms with Crippen LogP contribution in [0.3, 0.4) is 0 Å². The fourth-order valence-electron chi connectivity index (χ4n) is 2.68. The zero-order valence-electron chi connectivity index (χ0n) is 12.6. The quantitative estimate of drug-likeness (QED) is 0.861. The normalized spacial score (nSPS) is 14.1. The summed E-state index contributed by atoms with van der Waals surface area (Å²) in [6, 6.07) is 16.3. The first-order chi connectivity index (χ1) is 11.2.